The maximum absolute atomic E-state index is 12.4. The zero-order valence-corrected chi connectivity index (χ0v) is 18.7. The van der Waals surface area contributed by atoms with Crippen molar-refractivity contribution < 1.29 is 19.1 Å². The van der Waals surface area contributed by atoms with Crippen LogP contribution >= 0.6 is 11.3 Å². The molecule has 1 heterocycles. The van der Waals surface area contributed by atoms with Gasteiger partial charge in [0.2, 0.25) is 0 Å². The Labute approximate surface area is 177 Å². The summed E-state index contributed by atoms with van der Waals surface area (Å²) in [5, 5.41) is 3.35. The topological polar surface area (TPSA) is 64.6 Å². The van der Waals surface area contributed by atoms with Crippen LogP contribution in [0, 0.1) is 5.41 Å². The molecule has 6 heteroatoms. The van der Waals surface area contributed by atoms with Gasteiger partial charge in [0.25, 0.3) is 5.91 Å². The molecule has 0 saturated heterocycles. The van der Waals surface area contributed by atoms with Crippen LogP contribution in [-0.2, 0) is 20.9 Å². The van der Waals surface area contributed by atoms with Gasteiger partial charge in [-0.15, -0.1) is 11.3 Å². The van der Waals surface area contributed by atoms with Crippen molar-refractivity contribution >= 4 is 28.2 Å². The monoisotopic (exact) mass is 417 g/mol. The first-order valence-corrected chi connectivity index (χ1v) is 10.7. The van der Waals surface area contributed by atoms with Gasteiger partial charge in [0.15, 0.2) is 0 Å². The molecule has 0 bridgehead atoms. The molecule has 0 radical (unpaired) electrons. The average molecular weight is 418 g/mol. The molecule has 0 aliphatic heterocycles. The Balaban J connectivity index is 2.06. The molecular formula is C23H31NO4S. The van der Waals surface area contributed by atoms with Crippen molar-refractivity contribution in [2.75, 3.05) is 18.5 Å². The molecule has 0 aliphatic rings. The molecule has 1 aromatic carbocycles. The zero-order valence-electron chi connectivity index (χ0n) is 17.9. The van der Waals surface area contributed by atoms with Gasteiger partial charge in [0.1, 0.15) is 11.6 Å². The van der Waals surface area contributed by atoms with Gasteiger partial charge >= 0.3 is 5.97 Å². The number of ether oxygens (including phenoxy) is 2. The minimum absolute atomic E-state index is 0.0814. The molecule has 0 fully saturated rings. The van der Waals surface area contributed by atoms with Crippen LogP contribution in [0.1, 0.15) is 67.8 Å². The van der Waals surface area contributed by atoms with E-state index in [1.807, 2.05) is 36.4 Å². The first kappa shape index (κ1) is 23.1. The van der Waals surface area contributed by atoms with Crippen LogP contribution in [0.5, 0.6) is 0 Å². The molecule has 0 saturated carbocycles. The number of rotatable bonds is 9. The minimum atomic E-state index is -0.418. The molecule has 0 spiro atoms. The van der Waals surface area contributed by atoms with Crippen LogP contribution in [0.4, 0.5) is 5.00 Å². The number of benzene rings is 1. The Hall–Kier alpha value is -2.18. The number of hydrogen-bond donors (Lipinski definition) is 1. The van der Waals surface area contributed by atoms with E-state index in [-0.39, 0.29) is 30.5 Å². The van der Waals surface area contributed by atoms with Gasteiger partial charge in [0.05, 0.1) is 18.8 Å². The van der Waals surface area contributed by atoms with Gasteiger partial charge in [-0.05, 0) is 36.3 Å². The number of nitrogens with one attached hydrogen (secondary N) is 1. The predicted octanol–water partition coefficient (Wildman–Crippen LogP) is 5.62. The number of esters is 1. The van der Waals surface area contributed by atoms with E-state index < -0.39 is 5.97 Å². The zero-order chi connectivity index (χ0) is 21.4. The molecular weight excluding hydrogens is 386 g/mol. The third-order valence-corrected chi connectivity index (χ3v) is 5.53. The van der Waals surface area contributed by atoms with Crippen LogP contribution < -0.4 is 5.32 Å². The summed E-state index contributed by atoms with van der Waals surface area (Å²) in [5.41, 5.74) is 1.58. The van der Waals surface area contributed by atoms with Crippen molar-refractivity contribution in [2.24, 2.45) is 5.41 Å². The lowest BCUT2D eigenvalue weighted by molar-refractivity contribution is -0.120. The lowest BCUT2D eigenvalue weighted by Gasteiger charge is -2.22. The highest BCUT2D eigenvalue weighted by molar-refractivity contribution is 7.16. The summed E-state index contributed by atoms with van der Waals surface area (Å²) in [7, 11) is 0. The number of amides is 1. The summed E-state index contributed by atoms with van der Waals surface area (Å²) in [4.78, 5) is 25.8. The molecule has 1 unspecified atom stereocenters. The van der Waals surface area contributed by atoms with E-state index in [0.29, 0.717) is 17.2 Å². The first-order valence-electron chi connectivity index (χ1n) is 9.92. The molecule has 158 valence electrons. The molecule has 1 atom stereocenters. The summed E-state index contributed by atoms with van der Waals surface area (Å²) in [6.07, 6.45) is 0.976. The standard InChI is InChI=1S/C23H31NO4S/c1-6-28-22(26)18-12-19(16(2)13-23(3,4)5)29-21(18)24-20(25)15-27-14-17-10-8-7-9-11-17/h7-12,16H,6,13-15H2,1-5H3,(H,24,25). The SMILES string of the molecule is CCOC(=O)c1cc(C(C)CC(C)(C)C)sc1NC(=O)COCc1ccccc1. The third-order valence-electron chi connectivity index (χ3n) is 4.25. The fraction of sp³-hybridized carbons (Fsp3) is 0.478. The second kappa shape index (κ2) is 10.6. The van der Waals surface area contributed by atoms with Gasteiger partial charge in [-0.2, -0.15) is 0 Å². The number of anilines is 1. The fourth-order valence-electron chi connectivity index (χ4n) is 3.12. The maximum Gasteiger partial charge on any atom is 0.341 e. The maximum atomic E-state index is 12.4. The molecule has 1 N–H and O–H groups in total. The molecule has 2 rings (SSSR count). The Bertz CT molecular complexity index is 808. The highest BCUT2D eigenvalue weighted by Gasteiger charge is 2.24. The number of hydrogen-bond acceptors (Lipinski definition) is 5. The highest BCUT2D eigenvalue weighted by atomic mass is 32.1. The van der Waals surface area contributed by atoms with Crippen LogP contribution in [-0.4, -0.2) is 25.1 Å². The van der Waals surface area contributed by atoms with Crippen molar-refractivity contribution in [1.29, 1.82) is 0 Å². The van der Waals surface area contributed by atoms with Crippen molar-refractivity contribution in [2.45, 2.75) is 53.6 Å². The molecule has 1 aromatic heterocycles. The molecule has 0 aliphatic carbocycles. The Morgan fingerprint density at radius 2 is 1.86 bits per heavy atom. The lowest BCUT2D eigenvalue weighted by atomic mass is 9.85. The summed E-state index contributed by atoms with van der Waals surface area (Å²) < 4.78 is 10.7. The van der Waals surface area contributed by atoms with Gasteiger partial charge in [-0.1, -0.05) is 58.0 Å². The average Bonchev–Trinajstić information content (AvgIpc) is 3.05. The number of carbonyl (C=O) groups excluding carboxylic acids is 2. The number of thiophene rings is 1. The van der Waals surface area contributed by atoms with Crippen LogP contribution in [0.2, 0.25) is 0 Å². The van der Waals surface area contributed by atoms with Crippen molar-refractivity contribution in [1.82, 2.24) is 0 Å². The predicted molar refractivity (Wildman–Crippen MR) is 117 cm³/mol. The van der Waals surface area contributed by atoms with Gasteiger partial charge in [0, 0.05) is 4.88 Å². The van der Waals surface area contributed by atoms with E-state index >= 15 is 0 Å². The molecule has 5 nitrogen and oxygen atoms in total. The van der Waals surface area contributed by atoms with Crippen LogP contribution in [0.3, 0.4) is 0 Å². The quantitative estimate of drug-likeness (QED) is 0.538. The second-order valence-electron chi connectivity index (χ2n) is 8.30. The summed E-state index contributed by atoms with van der Waals surface area (Å²) in [6, 6.07) is 11.5. The van der Waals surface area contributed by atoms with Crippen molar-refractivity contribution in [3.05, 3.63) is 52.4 Å². The molecule has 1 amide bonds. The van der Waals surface area contributed by atoms with E-state index in [0.717, 1.165) is 16.9 Å². The highest BCUT2D eigenvalue weighted by Crippen LogP contribution is 2.38. The van der Waals surface area contributed by atoms with E-state index in [2.05, 4.69) is 33.0 Å². The molecule has 2 aromatic rings. The van der Waals surface area contributed by atoms with E-state index in [9.17, 15) is 9.59 Å². The lowest BCUT2D eigenvalue weighted by Crippen LogP contribution is -2.19. The number of carbonyl (C=O) groups is 2. The Morgan fingerprint density at radius 1 is 1.17 bits per heavy atom. The smallest absolute Gasteiger partial charge is 0.341 e. The summed E-state index contributed by atoms with van der Waals surface area (Å²) in [6.45, 7) is 11.0. The molecule has 29 heavy (non-hydrogen) atoms. The van der Waals surface area contributed by atoms with E-state index in [4.69, 9.17) is 9.47 Å². The summed E-state index contributed by atoms with van der Waals surface area (Å²) in [5.74, 6) is -0.435. The van der Waals surface area contributed by atoms with E-state index in [1.165, 1.54) is 11.3 Å². The van der Waals surface area contributed by atoms with Gasteiger partial charge in [-0.25, -0.2) is 4.79 Å². The second-order valence-corrected chi connectivity index (χ2v) is 9.39. The Kier molecular flexibility index (Phi) is 8.41. The first-order chi connectivity index (χ1) is 13.7. The van der Waals surface area contributed by atoms with Crippen LogP contribution in [0.25, 0.3) is 0 Å². The fourth-order valence-corrected chi connectivity index (χ4v) is 4.24. The van der Waals surface area contributed by atoms with Crippen LogP contribution in [0.15, 0.2) is 36.4 Å². The third kappa shape index (κ3) is 7.63. The van der Waals surface area contributed by atoms with Crippen molar-refractivity contribution in [3.63, 3.8) is 0 Å². The summed E-state index contributed by atoms with van der Waals surface area (Å²) >= 11 is 1.43. The van der Waals surface area contributed by atoms with E-state index in [1.54, 1.807) is 6.92 Å². The largest absolute Gasteiger partial charge is 0.462 e. The van der Waals surface area contributed by atoms with Crippen molar-refractivity contribution in [3.8, 4) is 0 Å². The van der Waals surface area contributed by atoms with Gasteiger partial charge in [-0.3, -0.25) is 4.79 Å². The minimum Gasteiger partial charge on any atom is -0.462 e. The normalized spacial score (nSPS) is 12.4. The van der Waals surface area contributed by atoms with Gasteiger partial charge < -0.3 is 14.8 Å². The Morgan fingerprint density at radius 3 is 2.48 bits per heavy atom.